The second-order valence-corrected chi connectivity index (χ2v) is 7.09. The molecular weight excluding hydrogens is 467 g/mol. The Balaban J connectivity index is 0.00000392. The number of aryl methyl sites for hydroxylation is 1. The zero-order chi connectivity index (χ0) is 19.8. The van der Waals surface area contributed by atoms with E-state index in [1.165, 1.54) is 5.56 Å². The number of ether oxygens (including phenoxy) is 1. The Kier molecular flexibility index (Phi) is 10.3. The van der Waals surface area contributed by atoms with E-state index in [0.717, 1.165) is 36.3 Å². The zero-order valence-corrected chi connectivity index (χ0v) is 20.0. The van der Waals surface area contributed by atoms with Crippen LogP contribution < -0.4 is 15.4 Å². The lowest BCUT2D eigenvalue weighted by Gasteiger charge is -2.21. The fourth-order valence-corrected chi connectivity index (χ4v) is 2.39. The Bertz CT molecular complexity index is 742. The Labute approximate surface area is 185 Å². The number of guanidine groups is 1. The van der Waals surface area contributed by atoms with Crippen molar-refractivity contribution in [1.29, 1.82) is 0 Å². The number of aromatic nitrogens is 3. The number of hydrogen-bond donors (Lipinski definition) is 2. The molecule has 0 aliphatic carbocycles. The van der Waals surface area contributed by atoms with Crippen LogP contribution in [-0.2, 0) is 20.0 Å². The van der Waals surface area contributed by atoms with E-state index in [0.29, 0.717) is 18.5 Å². The first-order chi connectivity index (χ1) is 12.9. The SMILES string of the molecule is COc1ccc(CCNC(=NCc2nnc(C)n2C)NC(C)C(C)C)cc1.I. The first-order valence-electron chi connectivity index (χ1n) is 9.43. The van der Waals surface area contributed by atoms with Crippen LogP contribution in [0.4, 0.5) is 0 Å². The van der Waals surface area contributed by atoms with Crippen LogP contribution >= 0.6 is 24.0 Å². The molecule has 2 N–H and O–H groups in total. The molecule has 0 saturated heterocycles. The Hall–Kier alpha value is -1.84. The minimum atomic E-state index is 0. The summed E-state index contributed by atoms with van der Waals surface area (Å²) >= 11 is 0. The number of hydrogen-bond acceptors (Lipinski definition) is 4. The molecule has 1 atom stereocenters. The van der Waals surface area contributed by atoms with Gasteiger partial charge in [-0.15, -0.1) is 34.2 Å². The summed E-state index contributed by atoms with van der Waals surface area (Å²) in [5.41, 5.74) is 1.25. The van der Waals surface area contributed by atoms with Crippen LogP contribution in [0.15, 0.2) is 29.3 Å². The van der Waals surface area contributed by atoms with Gasteiger partial charge in [-0.3, -0.25) is 0 Å². The Morgan fingerprint density at radius 2 is 1.86 bits per heavy atom. The predicted octanol–water partition coefficient (Wildman–Crippen LogP) is 3.07. The van der Waals surface area contributed by atoms with Crippen LogP contribution in [0.25, 0.3) is 0 Å². The maximum absolute atomic E-state index is 5.21. The number of benzene rings is 1. The molecule has 0 radical (unpaired) electrons. The van der Waals surface area contributed by atoms with E-state index in [2.05, 4.69) is 53.7 Å². The van der Waals surface area contributed by atoms with Crippen LogP contribution in [0.5, 0.6) is 5.75 Å². The van der Waals surface area contributed by atoms with E-state index >= 15 is 0 Å². The van der Waals surface area contributed by atoms with Crippen molar-refractivity contribution in [3.63, 3.8) is 0 Å². The summed E-state index contributed by atoms with van der Waals surface area (Å²) in [4.78, 5) is 4.70. The molecule has 1 aromatic heterocycles. The summed E-state index contributed by atoms with van der Waals surface area (Å²) in [5, 5.41) is 15.2. The lowest BCUT2D eigenvalue weighted by Crippen LogP contribution is -2.45. The molecule has 2 aromatic rings. The maximum Gasteiger partial charge on any atom is 0.191 e. The summed E-state index contributed by atoms with van der Waals surface area (Å²) in [5.74, 6) is 3.92. The van der Waals surface area contributed by atoms with Crippen molar-refractivity contribution in [1.82, 2.24) is 25.4 Å². The van der Waals surface area contributed by atoms with Crippen LogP contribution in [-0.4, -0.2) is 40.4 Å². The first kappa shape index (κ1) is 24.2. The molecule has 0 amide bonds. The van der Waals surface area contributed by atoms with Gasteiger partial charge in [-0.25, -0.2) is 4.99 Å². The molecule has 1 aromatic carbocycles. The van der Waals surface area contributed by atoms with Crippen molar-refractivity contribution in [2.24, 2.45) is 18.0 Å². The number of methoxy groups -OCH3 is 1. The van der Waals surface area contributed by atoms with E-state index in [1.807, 2.05) is 30.7 Å². The van der Waals surface area contributed by atoms with Gasteiger partial charge in [-0.1, -0.05) is 26.0 Å². The van der Waals surface area contributed by atoms with Gasteiger partial charge in [0.2, 0.25) is 0 Å². The fraction of sp³-hybridized carbons (Fsp3) is 0.550. The van der Waals surface area contributed by atoms with Crippen molar-refractivity contribution in [2.75, 3.05) is 13.7 Å². The highest BCUT2D eigenvalue weighted by Gasteiger charge is 2.10. The molecule has 2 rings (SSSR count). The minimum absolute atomic E-state index is 0. The average molecular weight is 500 g/mol. The molecule has 0 aliphatic rings. The smallest absolute Gasteiger partial charge is 0.191 e. The highest BCUT2D eigenvalue weighted by Crippen LogP contribution is 2.11. The second kappa shape index (κ2) is 11.9. The largest absolute Gasteiger partial charge is 0.497 e. The fourth-order valence-electron chi connectivity index (χ4n) is 2.39. The first-order valence-corrected chi connectivity index (χ1v) is 9.43. The third kappa shape index (κ3) is 7.29. The van der Waals surface area contributed by atoms with Gasteiger partial charge in [-0.05, 0) is 43.9 Å². The lowest BCUT2D eigenvalue weighted by molar-refractivity contribution is 0.414. The third-order valence-electron chi connectivity index (χ3n) is 4.79. The predicted molar refractivity (Wildman–Crippen MR) is 124 cm³/mol. The van der Waals surface area contributed by atoms with Crippen LogP contribution in [0.2, 0.25) is 0 Å². The number of rotatable bonds is 8. The van der Waals surface area contributed by atoms with E-state index in [9.17, 15) is 0 Å². The van der Waals surface area contributed by atoms with Crippen molar-refractivity contribution >= 4 is 29.9 Å². The maximum atomic E-state index is 5.21. The van der Waals surface area contributed by atoms with Gasteiger partial charge in [0.25, 0.3) is 0 Å². The van der Waals surface area contributed by atoms with Crippen LogP contribution in [0, 0.1) is 12.8 Å². The molecule has 156 valence electrons. The van der Waals surface area contributed by atoms with Gasteiger partial charge >= 0.3 is 0 Å². The van der Waals surface area contributed by atoms with E-state index in [4.69, 9.17) is 9.73 Å². The highest BCUT2D eigenvalue weighted by atomic mass is 127. The summed E-state index contributed by atoms with van der Waals surface area (Å²) < 4.78 is 7.17. The Morgan fingerprint density at radius 3 is 2.39 bits per heavy atom. The normalized spacial score (nSPS) is 12.5. The molecule has 0 aliphatic heterocycles. The van der Waals surface area contributed by atoms with Gasteiger partial charge in [0.05, 0.1) is 7.11 Å². The molecule has 28 heavy (non-hydrogen) atoms. The monoisotopic (exact) mass is 500 g/mol. The van der Waals surface area contributed by atoms with Gasteiger partial charge in [0.15, 0.2) is 11.8 Å². The zero-order valence-electron chi connectivity index (χ0n) is 17.7. The molecule has 8 heteroatoms. The van der Waals surface area contributed by atoms with Gasteiger partial charge in [0, 0.05) is 19.6 Å². The Morgan fingerprint density at radius 1 is 1.18 bits per heavy atom. The molecule has 1 heterocycles. The van der Waals surface area contributed by atoms with Crippen molar-refractivity contribution in [3.05, 3.63) is 41.5 Å². The number of halogens is 1. The molecule has 7 nitrogen and oxygen atoms in total. The van der Waals surface area contributed by atoms with Gasteiger partial charge in [-0.2, -0.15) is 0 Å². The van der Waals surface area contributed by atoms with E-state index < -0.39 is 0 Å². The van der Waals surface area contributed by atoms with Crippen molar-refractivity contribution < 1.29 is 4.74 Å². The quantitative estimate of drug-likeness (QED) is 0.331. The third-order valence-corrected chi connectivity index (χ3v) is 4.79. The number of aliphatic imine (C=N–C) groups is 1. The molecule has 0 spiro atoms. The van der Waals surface area contributed by atoms with Gasteiger partial charge < -0.3 is 19.9 Å². The number of nitrogens with zero attached hydrogens (tertiary/aromatic N) is 4. The summed E-state index contributed by atoms with van der Waals surface area (Å²) in [6.45, 7) is 9.77. The molecular formula is C20H33IN6O. The molecule has 0 saturated carbocycles. The summed E-state index contributed by atoms with van der Waals surface area (Å²) in [6, 6.07) is 8.46. The van der Waals surface area contributed by atoms with E-state index in [-0.39, 0.29) is 24.0 Å². The molecule has 0 bridgehead atoms. The van der Waals surface area contributed by atoms with Crippen molar-refractivity contribution in [2.45, 2.75) is 46.7 Å². The number of nitrogens with one attached hydrogen (secondary N) is 2. The second-order valence-electron chi connectivity index (χ2n) is 7.09. The topological polar surface area (TPSA) is 76.4 Å². The minimum Gasteiger partial charge on any atom is -0.497 e. The van der Waals surface area contributed by atoms with Gasteiger partial charge in [0.1, 0.15) is 18.1 Å². The molecule has 1 unspecified atom stereocenters. The van der Waals surface area contributed by atoms with Crippen LogP contribution in [0.1, 0.15) is 38.0 Å². The van der Waals surface area contributed by atoms with Crippen molar-refractivity contribution in [3.8, 4) is 5.75 Å². The standard InChI is InChI=1S/C20H32N6O.HI/c1-14(2)15(3)23-20(22-13-19-25-24-16(4)26(19)5)21-12-11-17-7-9-18(27-6)10-8-17;/h7-10,14-15H,11-13H2,1-6H3,(H2,21,22,23);1H. The summed E-state index contributed by atoms with van der Waals surface area (Å²) in [6.07, 6.45) is 0.907. The van der Waals surface area contributed by atoms with Crippen LogP contribution in [0.3, 0.4) is 0 Å². The van der Waals surface area contributed by atoms with E-state index in [1.54, 1.807) is 7.11 Å². The highest BCUT2D eigenvalue weighted by molar-refractivity contribution is 14.0. The average Bonchev–Trinajstić information content (AvgIpc) is 2.98. The molecule has 0 fully saturated rings. The lowest BCUT2D eigenvalue weighted by atomic mass is 10.1. The summed E-state index contributed by atoms with van der Waals surface area (Å²) in [7, 11) is 3.64.